The molecule has 1 aliphatic rings. The summed E-state index contributed by atoms with van der Waals surface area (Å²) in [4.78, 5) is 13.0. The van der Waals surface area contributed by atoms with E-state index in [1.54, 1.807) is 23.0 Å². The first kappa shape index (κ1) is 18.2. The van der Waals surface area contributed by atoms with Crippen molar-refractivity contribution in [3.05, 3.63) is 76.9 Å². The number of benzene rings is 2. The number of nitrogen functional groups attached to an aromatic ring is 1. The van der Waals surface area contributed by atoms with Crippen LogP contribution in [0.3, 0.4) is 0 Å². The molecule has 2 aromatic carbocycles. The number of carbonyl (C=O) groups is 1. The molecule has 0 bridgehead atoms. The van der Waals surface area contributed by atoms with Crippen LogP contribution in [0, 0.1) is 5.82 Å². The zero-order valence-electron chi connectivity index (χ0n) is 15.8. The van der Waals surface area contributed by atoms with Crippen LogP contribution in [0.15, 0.2) is 48.7 Å². The fourth-order valence-electron chi connectivity index (χ4n) is 3.93. The Morgan fingerprint density at radius 2 is 2.07 bits per heavy atom. The van der Waals surface area contributed by atoms with Crippen LogP contribution in [-0.4, -0.2) is 15.7 Å². The SMILES string of the molecule is CCc1c(C(=O)NC2CCCc3cc(N)ccc32)cnn1-c1ccc(F)cc1. The molecule has 1 aliphatic carbocycles. The van der Waals surface area contributed by atoms with Crippen molar-refractivity contribution >= 4 is 11.6 Å². The van der Waals surface area contributed by atoms with E-state index in [4.69, 9.17) is 5.73 Å². The standard InChI is InChI=1S/C22H23FN4O/c1-2-21-19(13-25-27(21)17-9-6-15(23)7-10-17)22(28)26-20-5-3-4-14-12-16(24)8-11-18(14)20/h6-13,20H,2-5,24H2,1H3,(H,26,28). The highest BCUT2D eigenvalue weighted by Gasteiger charge is 2.24. The summed E-state index contributed by atoms with van der Waals surface area (Å²) in [5.41, 5.74) is 11.1. The molecule has 1 amide bonds. The largest absolute Gasteiger partial charge is 0.399 e. The van der Waals surface area contributed by atoms with Crippen LogP contribution < -0.4 is 11.1 Å². The number of amides is 1. The minimum absolute atomic E-state index is 0.0317. The zero-order valence-corrected chi connectivity index (χ0v) is 15.8. The van der Waals surface area contributed by atoms with Crippen LogP contribution in [0.1, 0.15) is 53.0 Å². The normalized spacial score (nSPS) is 15.9. The van der Waals surface area contributed by atoms with Gasteiger partial charge in [0.2, 0.25) is 0 Å². The van der Waals surface area contributed by atoms with Crippen molar-refractivity contribution in [1.82, 2.24) is 15.1 Å². The lowest BCUT2D eigenvalue weighted by atomic mass is 9.87. The second-order valence-corrected chi connectivity index (χ2v) is 7.12. The number of nitrogens with two attached hydrogens (primary N) is 1. The van der Waals surface area contributed by atoms with E-state index < -0.39 is 0 Å². The lowest BCUT2D eigenvalue weighted by molar-refractivity contribution is 0.0932. The molecule has 3 N–H and O–H groups in total. The van der Waals surface area contributed by atoms with Gasteiger partial charge in [-0.15, -0.1) is 0 Å². The Kier molecular flexibility index (Phi) is 4.86. The van der Waals surface area contributed by atoms with Gasteiger partial charge in [0.15, 0.2) is 0 Å². The van der Waals surface area contributed by atoms with E-state index in [0.717, 1.165) is 41.9 Å². The molecule has 0 radical (unpaired) electrons. The Morgan fingerprint density at radius 3 is 2.82 bits per heavy atom. The highest BCUT2D eigenvalue weighted by Crippen LogP contribution is 2.31. The molecule has 6 heteroatoms. The number of hydrogen-bond acceptors (Lipinski definition) is 3. The first-order chi connectivity index (χ1) is 13.6. The highest BCUT2D eigenvalue weighted by molar-refractivity contribution is 5.95. The summed E-state index contributed by atoms with van der Waals surface area (Å²) in [5.74, 6) is -0.441. The van der Waals surface area contributed by atoms with Gasteiger partial charge >= 0.3 is 0 Å². The van der Waals surface area contributed by atoms with Crippen molar-refractivity contribution in [3.8, 4) is 5.69 Å². The quantitative estimate of drug-likeness (QED) is 0.675. The van der Waals surface area contributed by atoms with Crippen molar-refractivity contribution < 1.29 is 9.18 Å². The van der Waals surface area contributed by atoms with Crippen molar-refractivity contribution in [1.29, 1.82) is 0 Å². The Hall–Kier alpha value is -3.15. The van der Waals surface area contributed by atoms with Crippen molar-refractivity contribution in [2.24, 2.45) is 0 Å². The molecule has 5 nitrogen and oxygen atoms in total. The molecule has 0 saturated heterocycles. The molecule has 4 rings (SSSR count). The average Bonchev–Trinajstić information content (AvgIpc) is 3.12. The van der Waals surface area contributed by atoms with Gasteiger partial charge in [-0.1, -0.05) is 13.0 Å². The number of fused-ring (bicyclic) bond motifs is 1. The molecule has 1 atom stereocenters. The summed E-state index contributed by atoms with van der Waals surface area (Å²) in [6, 6.07) is 12.0. The van der Waals surface area contributed by atoms with Crippen molar-refractivity contribution in [2.45, 2.75) is 38.6 Å². The smallest absolute Gasteiger partial charge is 0.255 e. The summed E-state index contributed by atoms with van der Waals surface area (Å²) in [7, 11) is 0. The molecule has 1 aromatic heterocycles. The third kappa shape index (κ3) is 3.38. The summed E-state index contributed by atoms with van der Waals surface area (Å²) in [5, 5.41) is 7.54. The maximum Gasteiger partial charge on any atom is 0.255 e. The minimum atomic E-state index is -0.302. The van der Waals surface area contributed by atoms with Gasteiger partial charge in [-0.2, -0.15) is 5.10 Å². The molecule has 0 aliphatic heterocycles. The van der Waals surface area contributed by atoms with Gasteiger partial charge in [-0.25, -0.2) is 9.07 Å². The van der Waals surface area contributed by atoms with Crippen LogP contribution in [0.4, 0.5) is 10.1 Å². The third-order valence-corrected chi connectivity index (χ3v) is 5.31. The topological polar surface area (TPSA) is 72.9 Å². The number of carbonyl (C=O) groups excluding carboxylic acids is 1. The van der Waals surface area contributed by atoms with E-state index in [1.807, 2.05) is 25.1 Å². The number of halogens is 1. The van der Waals surface area contributed by atoms with E-state index in [-0.39, 0.29) is 17.8 Å². The minimum Gasteiger partial charge on any atom is -0.399 e. The van der Waals surface area contributed by atoms with Crippen LogP contribution in [0.5, 0.6) is 0 Å². The molecule has 0 spiro atoms. The lowest BCUT2D eigenvalue weighted by Gasteiger charge is -2.26. The van der Waals surface area contributed by atoms with Crippen molar-refractivity contribution in [3.63, 3.8) is 0 Å². The number of aryl methyl sites for hydroxylation is 1. The highest BCUT2D eigenvalue weighted by atomic mass is 19.1. The van der Waals surface area contributed by atoms with Gasteiger partial charge in [0.05, 0.1) is 29.2 Å². The molecule has 0 saturated carbocycles. The van der Waals surface area contributed by atoms with E-state index >= 15 is 0 Å². The van der Waals surface area contributed by atoms with Gasteiger partial charge in [-0.3, -0.25) is 4.79 Å². The maximum atomic E-state index is 13.2. The second kappa shape index (κ2) is 7.46. The molecule has 1 unspecified atom stereocenters. The fraction of sp³-hybridized carbons (Fsp3) is 0.273. The summed E-state index contributed by atoms with van der Waals surface area (Å²) < 4.78 is 14.9. The number of anilines is 1. The molecule has 3 aromatic rings. The van der Waals surface area contributed by atoms with E-state index in [1.165, 1.54) is 17.7 Å². The molecule has 1 heterocycles. The van der Waals surface area contributed by atoms with Crippen molar-refractivity contribution in [2.75, 3.05) is 5.73 Å². The maximum absolute atomic E-state index is 13.2. The predicted molar refractivity (Wildman–Crippen MR) is 107 cm³/mol. The summed E-state index contributed by atoms with van der Waals surface area (Å²) in [6.07, 6.45) is 5.12. The van der Waals surface area contributed by atoms with Gasteiger partial charge in [0.1, 0.15) is 5.82 Å². The molecule has 0 fully saturated rings. The van der Waals surface area contributed by atoms with E-state index in [0.29, 0.717) is 12.0 Å². The number of nitrogens with zero attached hydrogens (tertiary/aromatic N) is 2. The zero-order chi connectivity index (χ0) is 19.7. The molecular formula is C22H23FN4O. The predicted octanol–water partition coefficient (Wildman–Crippen LogP) is 3.96. The van der Waals surface area contributed by atoms with Gasteiger partial charge < -0.3 is 11.1 Å². The Balaban J connectivity index is 1.61. The Morgan fingerprint density at radius 1 is 1.29 bits per heavy atom. The Labute approximate surface area is 163 Å². The fourth-order valence-corrected chi connectivity index (χ4v) is 3.93. The summed E-state index contributed by atoms with van der Waals surface area (Å²) in [6.45, 7) is 1.98. The van der Waals surface area contributed by atoms with Crippen LogP contribution >= 0.6 is 0 Å². The monoisotopic (exact) mass is 378 g/mol. The van der Waals surface area contributed by atoms with Crippen LogP contribution in [-0.2, 0) is 12.8 Å². The first-order valence-corrected chi connectivity index (χ1v) is 9.59. The second-order valence-electron chi connectivity index (χ2n) is 7.12. The number of hydrogen-bond donors (Lipinski definition) is 2. The van der Waals surface area contributed by atoms with E-state index in [2.05, 4.69) is 10.4 Å². The molecule has 144 valence electrons. The van der Waals surface area contributed by atoms with Crippen LogP contribution in [0.25, 0.3) is 5.69 Å². The van der Waals surface area contributed by atoms with Gasteiger partial charge in [-0.05, 0) is 73.2 Å². The molecule has 28 heavy (non-hydrogen) atoms. The molecular weight excluding hydrogens is 355 g/mol. The third-order valence-electron chi connectivity index (χ3n) is 5.31. The number of aromatic nitrogens is 2. The van der Waals surface area contributed by atoms with Gasteiger partial charge in [0, 0.05) is 5.69 Å². The Bertz CT molecular complexity index is 1010. The van der Waals surface area contributed by atoms with E-state index in [9.17, 15) is 9.18 Å². The van der Waals surface area contributed by atoms with Gasteiger partial charge in [0.25, 0.3) is 5.91 Å². The first-order valence-electron chi connectivity index (χ1n) is 9.59. The summed E-state index contributed by atoms with van der Waals surface area (Å²) >= 11 is 0. The number of nitrogens with one attached hydrogen (secondary N) is 1. The lowest BCUT2D eigenvalue weighted by Crippen LogP contribution is -2.31. The average molecular weight is 378 g/mol. The number of rotatable bonds is 4. The van der Waals surface area contributed by atoms with Crippen LogP contribution in [0.2, 0.25) is 0 Å².